The Bertz CT molecular complexity index is 201. The van der Waals surface area contributed by atoms with Crippen LogP contribution in [-0.2, 0) is 6.54 Å². The van der Waals surface area contributed by atoms with Crippen LogP contribution >= 0.6 is 0 Å². The first-order valence-electron chi connectivity index (χ1n) is 3.71. The van der Waals surface area contributed by atoms with E-state index in [4.69, 9.17) is 0 Å². The molecule has 0 spiro atoms. The van der Waals surface area contributed by atoms with Gasteiger partial charge < -0.3 is 17.3 Å². The van der Waals surface area contributed by atoms with Gasteiger partial charge in [0.05, 0.1) is 12.5 Å². The van der Waals surface area contributed by atoms with E-state index in [0.717, 1.165) is 18.9 Å². The van der Waals surface area contributed by atoms with E-state index in [1.54, 1.807) is 0 Å². The van der Waals surface area contributed by atoms with Crippen LogP contribution in [0.1, 0.15) is 12.8 Å². The fourth-order valence-electron chi connectivity index (χ4n) is 1.27. The number of nitrogens with one attached hydrogen (secondary N) is 1. The van der Waals surface area contributed by atoms with Crippen molar-refractivity contribution in [1.82, 2.24) is 9.55 Å². The van der Waals surface area contributed by atoms with Gasteiger partial charge in [0, 0.05) is 13.1 Å². The van der Waals surface area contributed by atoms with Crippen molar-refractivity contribution >= 4 is 5.82 Å². The van der Waals surface area contributed by atoms with Crippen molar-refractivity contribution in [3.8, 4) is 0 Å². The van der Waals surface area contributed by atoms with Gasteiger partial charge in [-0.25, -0.2) is 4.98 Å². The molecule has 1 aromatic rings. The average molecular weight is 191 g/mol. The van der Waals surface area contributed by atoms with Gasteiger partial charge in [-0.3, -0.25) is 0 Å². The van der Waals surface area contributed by atoms with Crippen molar-refractivity contribution in [3.63, 3.8) is 0 Å². The molecule has 0 fully saturated rings. The molecule has 0 unspecified atom stereocenters. The van der Waals surface area contributed by atoms with E-state index in [1.165, 1.54) is 12.8 Å². The van der Waals surface area contributed by atoms with Crippen LogP contribution in [0, 0.1) is 7.43 Å². The van der Waals surface area contributed by atoms with Crippen LogP contribution in [0.2, 0.25) is 0 Å². The summed E-state index contributed by atoms with van der Waals surface area (Å²) < 4.78 is 2.16. The molecule has 2 heterocycles. The van der Waals surface area contributed by atoms with Gasteiger partial charge in [0.2, 0.25) is 0 Å². The number of nitrogens with zero attached hydrogens (tertiary/aromatic N) is 2. The van der Waals surface area contributed by atoms with Gasteiger partial charge in [-0.05, 0) is 12.8 Å². The van der Waals surface area contributed by atoms with E-state index in [9.17, 15) is 0 Å². The third kappa shape index (κ3) is 2.85. The molecule has 0 saturated carbocycles. The van der Waals surface area contributed by atoms with E-state index < -0.39 is 0 Å². The van der Waals surface area contributed by atoms with Gasteiger partial charge in [0.15, 0.2) is 0 Å². The maximum Gasteiger partial charge on any atom is 1.00 e. The molecule has 4 heteroatoms. The Balaban J connectivity index is 0.000000605. The van der Waals surface area contributed by atoms with Gasteiger partial charge >= 0.3 is 51.4 Å². The fraction of sp³-hybridized carbons (Fsp3) is 0.500. The van der Waals surface area contributed by atoms with E-state index in [-0.39, 0.29) is 58.8 Å². The number of rotatable bonds is 0. The summed E-state index contributed by atoms with van der Waals surface area (Å²) in [6, 6.07) is 0. The minimum atomic E-state index is 0. The van der Waals surface area contributed by atoms with E-state index in [1.807, 2.05) is 12.5 Å². The zero-order chi connectivity index (χ0) is 6.81. The van der Waals surface area contributed by atoms with Gasteiger partial charge in [-0.2, -0.15) is 0 Å². The van der Waals surface area contributed by atoms with Gasteiger partial charge in [0.1, 0.15) is 5.82 Å². The van der Waals surface area contributed by atoms with E-state index in [0.29, 0.717) is 0 Å². The van der Waals surface area contributed by atoms with Crippen molar-refractivity contribution in [2.24, 2.45) is 0 Å². The second kappa shape index (κ2) is 6.15. The van der Waals surface area contributed by atoms with Crippen LogP contribution in [-0.4, -0.2) is 16.1 Å². The summed E-state index contributed by atoms with van der Waals surface area (Å²) in [5.74, 6) is 1.16. The summed E-state index contributed by atoms with van der Waals surface area (Å²) in [4.78, 5) is 4.05. The van der Waals surface area contributed by atoms with E-state index >= 15 is 0 Å². The molecular formula is C8H14KN3. The molecule has 12 heavy (non-hydrogen) atoms. The van der Waals surface area contributed by atoms with E-state index in [2.05, 4.69) is 14.9 Å². The summed E-state index contributed by atoms with van der Waals surface area (Å²) in [6.45, 7) is 2.20. The zero-order valence-corrected chi connectivity index (χ0v) is 11.0. The Morgan fingerprint density at radius 3 is 3.08 bits per heavy atom. The first kappa shape index (κ1) is 12.6. The fourth-order valence-corrected chi connectivity index (χ4v) is 1.27. The quantitative estimate of drug-likeness (QED) is 0.401. The average Bonchev–Trinajstić information content (AvgIpc) is 2.28. The van der Waals surface area contributed by atoms with Crippen molar-refractivity contribution in [1.29, 1.82) is 0 Å². The second-order valence-electron chi connectivity index (χ2n) is 2.61. The van der Waals surface area contributed by atoms with Crippen LogP contribution in [0.4, 0.5) is 5.82 Å². The van der Waals surface area contributed by atoms with Gasteiger partial charge in [-0.1, -0.05) is 0 Å². The number of hydrogen-bond acceptors (Lipinski definition) is 2. The molecule has 0 aliphatic carbocycles. The Morgan fingerprint density at radius 2 is 2.25 bits per heavy atom. The Hall–Kier alpha value is 0.646. The third-order valence-electron chi connectivity index (χ3n) is 1.84. The molecule has 0 amide bonds. The van der Waals surface area contributed by atoms with Crippen molar-refractivity contribution < 1.29 is 51.4 Å². The molecule has 0 bridgehead atoms. The maximum atomic E-state index is 4.05. The zero-order valence-electron chi connectivity index (χ0n) is 7.88. The number of fused-ring (bicyclic) bond motifs is 1. The molecule has 1 aromatic heterocycles. The number of hydrogen-bond donors (Lipinski definition) is 1. The molecular weight excluding hydrogens is 177 g/mol. The van der Waals surface area contributed by atoms with Crippen molar-refractivity contribution in [3.05, 3.63) is 20.0 Å². The van der Waals surface area contributed by atoms with Crippen LogP contribution in [0.3, 0.4) is 0 Å². The Labute approximate surface area is 116 Å². The predicted octanol–water partition coefficient (Wildman–Crippen LogP) is -1.46. The first-order chi connectivity index (χ1) is 4.97. The Kier molecular flexibility index (Phi) is 6.49. The molecule has 0 radical (unpaired) electrons. The summed E-state index contributed by atoms with van der Waals surface area (Å²) in [5.41, 5.74) is 0. The molecule has 0 atom stereocenters. The number of anilines is 1. The molecule has 0 aromatic carbocycles. The Morgan fingerprint density at radius 1 is 1.42 bits per heavy atom. The van der Waals surface area contributed by atoms with Gasteiger partial charge in [-0.15, -0.1) is 0 Å². The summed E-state index contributed by atoms with van der Waals surface area (Å²) in [5, 5.41) is 3.31. The number of aryl methyl sites for hydroxylation is 1. The topological polar surface area (TPSA) is 29.9 Å². The van der Waals surface area contributed by atoms with Crippen molar-refractivity contribution in [2.75, 3.05) is 11.9 Å². The molecule has 3 nitrogen and oxygen atoms in total. The maximum absolute atomic E-state index is 4.05. The number of aromatic nitrogens is 2. The molecule has 62 valence electrons. The molecule has 2 rings (SSSR count). The second-order valence-corrected chi connectivity index (χ2v) is 2.61. The minimum absolute atomic E-state index is 0. The minimum Gasteiger partial charge on any atom is -0.370 e. The van der Waals surface area contributed by atoms with Crippen LogP contribution in [0.15, 0.2) is 12.5 Å². The summed E-state index contributed by atoms with van der Waals surface area (Å²) in [6.07, 6.45) is 6.29. The van der Waals surface area contributed by atoms with Crippen LogP contribution < -0.4 is 56.7 Å². The van der Waals surface area contributed by atoms with Crippen molar-refractivity contribution in [2.45, 2.75) is 19.4 Å². The first-order valence-corrected chi connectivity index (χ1v) is 3.71. The molecule has 0 saturated heterocycles. The standard InChI is InChI=1S/C7H11N3.CH3.K/c1-2-4-10-6-8-5-7(10)9-3-1;;/h5-6,9H,1-4H2;1H3;/q;-1;+1. The smallest absolute Gasteiger partial charge is 0.370 e. The molecule has 1 aliphatic rings. The summed E-state index contributed by atoms with van der Waals surface area (Å²) >= 11 is 0. The predicted molar refractivity (Wildman–Crippen MR) is 46.4 cm³/mol. The SMILES string of the molecule is [CH3-].[K+].c1ncn2c1NCCCC2. The largest absolute Gasteiger partial charge is 1.00 e. The van der Waals surface area contributed by atoms with Gasteiger partial charge in [0.25, 0.3) is 0 Å². The monoisotopic (exact) mass is 191 g/mol. The number of imidazole rings is 1. The summed E-state index contributed by atoms with van der Waals surface area (Å²) in [7, 11) is 0. The molecule has 1 N–H and O–H groups in total. The van der Waals surface area contributed by atoms with Crippen LogP contribution in [0.25, 0.3) is 0 Å². The van der Waals surface area contributed by atoms with Crippen LogP contribution in [0.5, 0.6) is 0 Å². The third-order valence-corrected chi connectivity index (χ3v) is 1.84. The molecule has 1 aliphatic heterocycles. The normalized spacial score (nSPS) is 14.3.